The minimum atomic E-state index is -0.0724. The highest BCUT2D eigenvalue weighted by molar-refractivity contribution is 6.06. The molecule has 0 radical (unpaired) electrons. The Bertz CT molecular complexity index is 969. The first-order valence-corrected chi connectivity index (χ1v) is 8.87. The molecule has 1 aromatic heterocycles. The summed E-state index contributed by atoms with van der Waals surface area (Å²) in [6, 6.07) is 17.2. The molecule has 5 heteroatoms. The number of aromatic nitrogens is 1. The van der Waals surface area contributed by atoms with E-state index in [0.717, 1.165) is 16.8 Å². The predicted octanol–water partition coefficient (Wildman–Crippen LogP) is 4.61. The smallest absolute Gasteiger partial charge is 0.187 e. The van der Waals surface area contributed by atoms with Crippen LogP contribution in [0.15, 0.2) is 73.1 Å². The maximum absolute atomic E-state index is 12.2. The van der Waals surface area contributed by atoms with Crippen LogP contribution in [0, 0.1) is 0 Å². The first kappa shape index (κ1) is 19.2. The van der Waals surface area contributed by atoms with E-state index in [0.29, 0.717) is 23.6 Å². The SMILES string of the molecule is COc1ccc(CNc2cccc(/C=C/C(=O)c3cccnc3)c2)cc1OC. The minimum Gasteiger partial charge on any atom is -0.493 e. The lowest BCUT2D eigenvalue weighted by Crippen LogP contribution is -2.00. The molecule has 0 fully saturated rings. The molecule has 28 heavy (non-hydrogen) atoms. The van der Waals surface area contributed by atoms with Crippen LogP contribution in [0.1, 0.15) is 21.5 Å². The van der Waals surface area contributed by atoms with Crippen LogP contribution in [0.3, 0.4) is 0 Å². The number of pyridine rings is 1. The van der Waals surface area contributed by atoms with Crippen LogP contribution in [0.25, 0.3) is 6.08 Å². The number of anilines is 1. The number of rotatable bonds is 8. The number of ether oxygens (including phenoxy) is 2. The third kappa shape index (κ3) is 4.98. The summed E-state index contributed by atoms with van der Waals surface area (Å²) in [6.07, 6.45) is 6.57. The molecule has 0 atom stereocenters. The van der Waals surface area contributed by atoms with Crippen molar-refractivity contribution in [1.29, 1.82) is 0 Å². The van der Waals surface area contributed by atoms with E-state index in [1.807, 2.05) is 42.5 Å². The van der Waals surface area contributed by atoms with Gasteiger partial charge >= 0.3 is 0 Å². The van der Waals surface area contributed by atoms with E-state index in [9.17, 15) is 4.79 Å². The topological polar surface area (TPSA) is 60.5 Å². The summed E-state index contributed by atoms with van der Waals surface area (Å²) in [5, 5.41) is 3.38. The molecule has 1 N–H and O–H groups in total. The molecule has 5 nitrogen and oxygen atoms in total. The number of benzene rings is 2. The van der Waals surface area contributed by atoms with Crippen molar-refractivity contribution in [2.45, 2.75) is 6.54 Å². The molecule has 0 unspecified atom stereocenters. The molecule has 0 bridgehead atoms. The molecule has 3 rings (SSSR count). The second-order valence-electron chi connectivity index (χ2n) is 6.11. The van der Waals surface area contributed by atoms with Gasteiger partial charge in [-0.2, -0.15) is 0 Å². The molecular weight excluding hydrogens is 352 g/mol. The lowest BCUT2D eigenvalue weighted by molar-refractivity contribution is 0.104. The molecule has 0 amide bonds. The van der Waals surface area contributed by atoms with E-state index in [-0.39, 0.29) is 5.78 Å². The molecule has 3 aromatic rings. The zero-order valence-electron chi connectivity index (χ0n) is 15.9. The number of carbonyl (C=O) groups excluding carboxylic acids is 1. The third-order valence-corrected chi connectivity index (χ3v) is 4.20. The van der Waals surface area contributed by atoms with Crippen LogP contribution in [0.4, 0.5) is 5.69 Å². The monoisotopic (exact) mass is 374 g/mol. The van der Waals surface area contributed by atoms with Crippen LogP contribution in [0.5, 0.6) is 11.5 Å². The van der Waals surface area contributed by atoms with Gasteiger partial charge in [-0.3, -0.25) is 9.78 Å². The first-order valence-electron chi connectivity index (χ1n) is 8.87. The maximum Gasteiger partial charge on any atom is 0.187 e. The lowest BCUT2D eigenvalue weighted by Gasteiger charge is -2.11. The quantitative estimate of drug-likeness (QED) is 0.461. The van der Waals surface area contributed by atoms with Crippen molar-refractivity contribution in [1.82, 2.24) is 4.98 Å². The van der Waals surface area contributed by atoms with Crippen molar-refractivity contribution in [3.8, 4) is 11.5 Å². The van der Waals surface area contributed by atoms with Gasteiger partial charge in [0.1, 0.15) is 0 Å². The maximum atomic E-state index is 12.2. The Labute approximate surface area is 164 Å². The second-order valence-corrected chi connectivity index (χ2v) is 6.11. The van der Waals surface area contributed by atoms with Crippen molar-refractivity contribution >= 4 is 17.5 Å². The summed E-state index contributed by atoms with van der Waals surface area (Å²) in [7, 11) is 3.24. The number of allylic oxidation sites excluding steroid dienone is 1. The fraction of sp³-hybridized carbons (Fsp3) is 0.130. The number of methoxy groups -OCH3 is 2. The fourth-order valence-corrected chi connectivity index (χ4v) is 2.72. The number of hydrogen-bond acceptors (Lipinski definition) is 5. The van der Waals surface area contributed by atoms with Crippen molar-refractivity contribution in [3.05, 3.63) is 89.8 Å². The molecule has 0 saturated carbocycles. The molecule has 0 saturated heterocycles. The predicted molar refractivity (Wildman–Crippen MR) is 111 cm³/mol. The summed E-state index contributed by atoms with van der Waals surface area (Å²) in [5.74, 6) is 1.33. The zero-order valence-corrected chi connectivity index (χ0v) is 15.9. The molecule has 0 aliphatic heterocycles. The summed E-state index contributed by atoms with van der Waals surface area (Å²) >= 11 is 0. The Morgan fingerprint density at radius 1 is 1.04 bits per heavy atom. The molecule has 0 aliphatic carbocycles. The van der Waals surface area contributed by atoms with E-state index in [1.165, 1.54) is 0 Å². The van der Waals surface area contributed by atoms with Gasteiger partial charge < -0.3 is 14.8 Å². The van der Waals surface area contributed by atoms with Crippen LogP contribution in [-0.4, -0.2) is 25.0 Å². The van der Waals surface area contributed by atoms with Gasteiger partial charge in [0.05, 0.1) is 14.2 Å². The first-order chi connectivity index (χ1) is 13.7. The molecule has 0 aliphatic rings. The van der Waals surface area contributed by atoms with Gasteiger partial charge in [-0.1, -0.05) is 24.3 Å². The third-order valence-electron chi connectivity index (χ3n) is 4.20. The zero-order chi connectivity index (χ0) is 19.8. The van der Waals surface area contributed by atoms with E-state index >= 15 is 0 Å². The fourth-order valence-electron chi connectivity index (χ4n) is 2.72. The summed E-state index contributed by atoms with van der Waals surface area (Å²) in [6.45, 7) is 0.641. The second kappa shape index (κ2) is 9.37. The van der Waals surface area contributed by atoms with E-state index < -0.39 is 0 Å². The highest BCUT2D eigenvalue weighted by Crippen LogP contribution is 2.27. The van der Waals surface area contributed by atoms with Crippen LogP contribution in [-0.2, 0) is 6.54 Å². The number of nitrogens with one attached hydrogen (secondary N) is 1. The molecule has 0 spiro atoms. The van der Waals surface area contributed by atoms with Gasteiger partial charge in [0, 0.05) is 30.2 Å². The number of nitrogens with zero attached hydrogens (tertiary/aromatic N) is 1. The number of carbonyl (C=O) groups is 1. The molecule has 2 aromatic carbocycles. The molecular formula is C23H22N2O3. The minimum absolute atomic E-state index is 0.0724. The van der Waals surface area contributed by atoms with Gasteiger partial charge in [0.2, 0.25) is 0 Å². The summed E-state index contributed by atoms with van der Waals surface area (Å²) in [4.78, 5) is 16.1. The normalized spacial score (nSPS) is 10.6. The average molecular weight is 374 g/mol. The van der Waals surface area contributed by atoms with Gasteiger partial charge in [0.25, 0.3) is 0 Å². The van der Waals surface area contributed by atoms with Crippen molar-refractivity contribution in [2.24, 2.45) is 0 Å². The van der Waals surface area contributed by atoms with E-state index in [1.54, 1.807) is 50.9 Å². The summed E-state index contributed by atoms with van der Waals surface area (Å²) < 4.78 is 10.6. The Morgan fingerprint density at radius 3 is 2.64 bits per heavy atom. The summed E-state index contributed by atoms with van der Waals surface area (Å²) in [5.41, 5.74) is 3.55. The van der Waals surface area contributed by atoms with Gasteiger partial charge in [0.15, 0.2) is 17.3 Å². The van der Waals surface area contributed by atoms with Gasteiger partial charge in [-0.15, -0.1) is 0 Å². The highest BCUT2D eigenvalue weighted by Gasteiger charge is 2.05. The van der Waals surface area contributed by atoms with Crippen LogP contribution in [0.2, 0.25) is 0 Å². The highest BCUT2D eigenvalue weighted by atomic mass is 16.5. The number of ketones is 1. The van der Waals surface area contributed by atoms with Crippen LogP contribution >= 0.6 is 0 Å². The van der Waals surface area contributed by atoms with Crippen molar-refractivity contribution in [3.63, 3.8) is 0 Å². The van der Waals surface area contributed by atoms with E-state index in [4.69, 9.17) is 9.47 Å². The van der Waals surface area contributed by atoms with Gasteiger partial charge in [-0.25, -0.2) is 0 Å². The largest absolute Gasteiger partial charge is 0.493 e. The Morgan fingerprint density at radius 2 is 1.89 bits per heavy atom. The van der Waals surface area contributed by atoms with Crippen molar-refractivity contribution in [2.75, 3.05) is 19.5 Å². The Kier molecular flexibility index (Phi) is 6.41. The van der Waals surface area contributed by atoms with Crippen LogP contribution < -0.4 is 14.8 Å². The molecule has 1 heterocycles. The van der Waals surface area contributed by atoms with Crippen molar-refractivity contribution < 1.29 is 14.3 Å². The number of hydrogen-bond donors (Lipinski definition) is 1. The van der Waals surface area contributed by atoms with Gasteiger partial charge in [-0.05, 0) is 53.6 Å². The standard InChI is InChI=1S/C23H22N2O3/c1-27-22-11-9-18(14-23(22)28-2)15-25-20-7-3-5-17(13-20)8-10-21(26)19-6-4-12-24-16-19/h3-14,16,25H,15H2,1-2H3/b10-8+. The lowest BCUT2D eigenvalue weighted by atomic mass is 10.1. The van der Waals surface area contributed by atoms with E-state index in [2.05, 4.69) is 10.3 Å². The molecule has 142 valence electrons. The Hall–Kier alpha value is -3.60. The Balaban J connectivity index is 1.65. The average Bonchev–Trinajstić information content (AvgIpc) is 2.76.